The molecule has 0 fully saturated rings. The summed E-state index contributed by atoms with van der Waals surface area (Å²) < 4.78 is 4.82. The Kier molecular flexibility index (Phi) is 6.44. The fraction of sp³-hybridized carbons (Fsp3) is 0.533. The van der Waals surface area contributed by atoms with Gasteiger partial charge in [-0.1, -0.05) is 32.0 Å². The average molecular weight is 249 g/mol. The second-order valence-corrected chi connectivity index (χ2v) is 4.42. The Bertz CT molecular complexity index is 371. The zero-order valence-corrected chi connectivity index (χ0v) is 11.6. The monoisotopic (exact) mass is 249 g/mol. The zero-order valence-electron chi connectivity index (χ0n) is 11.6. The van der Waals surface area contributed by atoms with Gasteiger partial charge >= 0.3 is 5.97 Å². The van der Waals surface area contributed by atoms with E-state index in [1.807, 2.05) is 24.3 Å². The Labute approximate surface area is 110 Å². The minimum absolute atomic E-state index is 0.251. The first-order chi connectivity index (χ1) is 8.72. The molecule has 0 amide bonds. The zero-order chi connectivity index (χ0) is 13.4. The normalized spacial score (nSPS) is 10.7. The van der Waals surface area contributed by atoms with Crippen molar-refractivity contribution in [3.05, 3.63) is 35.4 Å². The van der Waals surface area contributed by atoms with Crippen LogP contribution in [0.3, 0.4) is 0 Å². The predicted molar refractivity (Wildman–Crippen MR) is 73.6 cm³/mol. The molecule has 100 valence electrons. The van der Waals surface area contributed by atoms with Crippen molar-refractivity contribution in [3.63, 3.8) is 0 Å². The summed E-state index contributed by atoms with van der Waals surface area (Å²) >= 11 is 0. The van der Waals surface area contributed by atoms with Gasteiger partial charge in [-0.3, -0.25) is 4.90 Å². The molecule has 0 bridgehead atoms. The van der Waals surface area contributed by atoms with E-state index in [0.29, 0.717) is 5.56 Å². The first-order valence-corrected chi connectivity index (χ1v) is 6.61. The van der Waals surface area contributed by atoms with Crippen LogP contribution in [0.2, 0.25) is 0 Å². The molecule has 0 spiro atoms. The molecule has 3 heteroatoms. The van der Waals surface area contributed by atoms with Crippen LogP contribution in [0.5, 0.6) is 0 Å². The van der Waals surface area contributed by atoms with Crippen LogP contribution in [0.1, 0.15) is 42.6 Å². The number of carbonyl (C=O) groups is 1. The van der Waals surface area contributed by atoms with Crippen LogP contribution in [-0.4, -0.2) is 31.1 Å². The quantitative estimate of drug-likeness (QED) is 0.695. The first kappa shape index (κ1) is 14.7. The van der Waals surface area contributed by atoms with Gasteiger partial charge in [0, 0.05) is 6.54 Å². The Morgan fingerprint density at radius 1 is 1.17 bits per heavy atom. The molecule has 1 rings (SSSR count). The number of hydrogen-bond donors (Lipinski definition) is 0. The SMILES string of the molecule is CCCN(CCC)Cc1ccccc1C(=O)OC. The van der Waals surface area contributed by atoms with Crippen LogP contribution in [-0.2, 0) is 11.3 Å². The topological polar surface area (TPSA) is 29.5 Å². The number of carbonyl (C=O) groups excluding carboxylic acids is 1. The van der Waals surface area contributed by atoms with E-state index < -0.39 is 0 Å². The van der Waals surface area contributed by atoms with Crippen LogP contribution in [0, 0.1) is 0 Å². The molecule has 0 radical (unpaired) electrons. The Balaban J connectivity index is 2.84. The fourth-order valence-corrected chi connectivity index (χ4v) is 2.11. The lowest BCUT2D eigenvalue weighted by atomic mass is 10.1. The lowest BCUT2D eigenvalue weighted by Gasteiger charge is -2.22. The minimum atomic E-state index is -0.251. The molecule has 1 aromatic rings. The van der Waals surface area contributed by atoms with Crippen LogP contribution in [0.15, 0.2) is 24.3 Å². The summed E-state index contributed by atoms with van der Waals surface area (Å²) in [5.74, 6) is -0.251. The highest BCUT2D eigenvalue weighted by molar-refractivity contribution is 5.90. The van der Waals surface area contributed by atoms with Crippen molar-refractivity contribution >= 4 is 5.97 Å². The molecule has 0 aromatic heterocycles. The number of rotatable bonds is 7. The van der Waals surface area contributed by atoms with E-state index in [-0.39, 0.29) is 5.97 Å². The van der Waals surface area contributed by atoms with Crippen molar-refractivity contribution in [2.24, 2.45) is 0 Å². The van der Waals surface area contributed by atoms with Gasteiger partial charge in [0.1, 0.15) is 0 Å². The second kappa shape index (κ2) is 7.88. The minimum Gasteiger partial charge on any atom is -0.465 e. The molecule has 0 aliphatic rings. The van der Waals surface area contributed by atoms with Crippen LogP contribution >= 0.6 is 0 Å². The van der Waals surface area contributed by atoms with E-state index >= 15 is 0 Å². The molecule has 3 nitrogen and oxygen atoms in total. The van der Waals surface area contributed by atoms with Crippen LogP contribution in [0.4, 0.5) is 0 Å². The van der Waals surface area contributed by atoms with Gasteiger partial charge in [0.25, 0.3) is 0 Å². The maximum absolute atomic E-state index is 11.7. The van der Waals surface area contributed by atoms with Gasteiger partial charge in [-0.25, -0.2) is 4.79 Å². The third-order valence-corrected chi connectivity index (χ3v) is 2.90. The van der Waals surface area contributed by atoms with Crippen molar-refractivity contribution in [1.29, 1.82) is 0 Å². The summed E-state index contributed by atoms with van der Waals surface area (Å²) in [7, 11) is 1.43. The van der Waals surface area contributed by atoms with Crippen molar-refractivity contribution in [2.75, 3.05) is 20.2 Å². The fourth-order valence-electron chi connectivity index (χ4n) is 2.11. The summed E-state index contributed by atoms with van der Waals surface area (Å²) in [6.45, 7) is 7.28. The average Bonchev–Trinajstić information content (AvgIpc) is 2.39. The lowest BCUT2D eigenvalue weighted by molar-refractivity contribution is 0.0598. The number of ether oxygens (including phenoxy) is 1. The van der Waals surface area contributed by atoms with E-state index in [9.17, 15) is 4.79 Å². The number of methoxy groups -OCH3 is 1. The largest absolute Gasteiger partial charge is 0.465 e. The summed E-state index contributed by atoms with van der Waals surface area (Å²) in [5, 5.41) is 0. The van der Waals surface area contributed by atoms with Crippen LogP contribution < -0.4 is 0 Å². The highest BCUT2D eigenvalue weighted by atomic mass is 16.5. The Morgan fingerprint density at radius 3 is 2.33 bits per heavy atom. The second-order valence-electron chi connectivity index (χ2n) is 4.42. The smallest absolute Gasteiger partial charge is 0.338 e. The third-order valence-electron chi connectivity index (χ3n) is 2.90. The van der Waals surface area contributed by atoms with Crippen molar-refractivity contribution in [2.45, 2.75) is 33.2 Å². The highest BCUT2D eigenvalue weighted by Crippen LogP contribution is 2.13. The molecule has 0 atom stereocenters. The number of benzene rings is 1. The van der Waals surface area contributed by atoms with Crippen molar-refractivity contribution in [3.8, 4) is 0 Å². The summed E-state index contributed by atoms with van der Waals surface area (Å²) in [4.78, 5) is 14.1. The van der Waals surface area contributed by atoms with E-state index in [1.165, 1.54) is 7.11 Å². The van der Waals surface area contributed by atoms with Gasteiger partial charge in [0.05, 0.1) is 12.7 Å². The van der Waals surface area contributed by atoms with Gasteiger partial charge in [-0.05, 0) is 37.6 Å². The molecular formula is C15H23NO2. The lowest BCUT2D eigenvalue weighted by Crippen LogP contribution is -2.26. The molecule has 18 heavy (non-hydrogen) atoms. The molecular weight excluding hydrogens is 226 g/mol. The molecule has 0 N–H and O–H groups in total. The molecule has 0 unspecified atom stereocenters. The third kappa shape index (κ3) is 4.15. The van der Waals surface area contributed by atoms with Gasteiger partial charge in [0.15, 0.2) is 0 Å². The number of hydrogen-bond acceptors (Lipinski definition) is 3. The molecule has 0 saturated carbocycles. The van der Waals surface area contributed by atoms with Crippen molar-refractivity contribution in [1.82, 2.24) is 4.90 Å². The standard InChI is InChI=1S/C15H23NO2/c1-4-10-16(11-5-2)12-13-8-6-7-9-14(13)15(17)18-3/h6-9H,4-5,10-12H2,1-3H3. The molecule has 1 aromatic carbocycles. The molecule has 0 aliphatic heterocycles. The maximum atomic E-state index is 11.7. The highest BCUT2D eigenvalue weighted by Gasteiger charge is 2.13. The number of nitrogens with zero attached hydrogens (tertiary/aromatic N) is 1. The predicted octanol–water partition coefficient (Wildman–Crippen LogP) is 3.10. The van der Waals surface area contributed by atoms with E-state index in [2.05, 4.69) is 18.7 Å². The Morgan fingerprint density at radius 2 is 1.78 bits per heavy atom. The molecule has 0 aliphatic carbocycles. The van der Waals surface area contributed by atoms with E-state index in [0.717, 1.165) is 38.0 Å². The van der Waals surface area contributed by atoms with Gasteiger partial charge in [-0.2, -0.15) is 0 Å². The van der Waals surface area contributed by atoms with E-state index in [4.69, 9.17) is 4.74 Å². The molecule has 0 saturated heterocycles. The van der Waals surface area contributed by atoms with Crippen molar-refractivity contribution < 1.29 is 9.53 Å². The summed E-state index contributed by atoms with van der Waals surface area (Å²) in [6.07, 6.45) is 2.25. The summed E-state index contributed by atoms with van der Waals surface area (Å²) in [6, 6.07) is 7.68. The first-order valence-electron chi connectivity index (χ1n) is 6.61. The Hall–Kier alpha value is -1.35. The maximum Gasteiger partial charge on any atom is 0.338 e. The molecule has 0 heterocycles. The van der Waals surface area contributed by atoms with Crippen LogP contribution in [0.25, 0.3) is 0 Å². The van der Waals surface area contributed by atoms with Gasteiger partial charge in [-0.15, -0.1) is 0 Å². The van der Waals surface area contributed by atoms with Gasteiger partial charge < -0.3 is 4.74 Å². The number of esters is 1. The summed E-state index contributed by atoms with van der Waals surface area (Å²) in [5.41, 5.74) is 1.73. The van der Waals surface area contributed by atoms with E-state index in [1.54, 1.807) is 0 Å². The van der Waals surface area contributed by atoms with Gasteiger partial charge in [0.2, 0.25) is 0 Å².